The number of hydrogen-bond donors (Lipinski definition) is 1. The summed E-state index contributed by atoms with van der Waals surface area (Å²) in [5.41, 5.74) is 0.502. The molecule has 0 saturated heterocycles. The van der Waals surface area contributed by atoms with E-state index in [1.165, 1.54) is 30.5 Å². The van der Waals surface area contributed by atoms with Gasteiger partial charge in [-0.15, -0.1) is 0 Å². The number of esters is 1. The number of phenols is 1. The van der Waals surface area contributed by atoms with Crippen molar-refractivity contribution in [2.75, 3.05) is 0 Å². The van der Waals surface area contributed by atoms with E-state index in [1.807, 2.05) is 0 Å². The first-order chi connectivity index (χ1) is 8.66. The molecule has 1 aromatic carbocycles. The van der Waals surface area contributed by atoms with Gasteiger partial charge in [0.05, 0.1) is 0 Å². The monoisotopic (exact) mass is 247 g/mol. The van der Waals surface area contributed by atoms with Crippen molar-refractivity contribution in [1.82, 2.24) is 4.98 Å². The van der Waals surface area contributed by atoms with E-state index in [9.17, 15) is 9.18 Å². The van der Waals surface area contributed by atoms with Gasteiger partial charge in [-0.2, -0.15) is 4.39 Å². The number of aromatic hydroxyl groups is 1. The van der Waals surface area contributed by atoms with E-state index in [4.69, 9.17) is 9.84 Å². The number of hydrogen-bond acceptors (Lipinski definition) is 4. The molecule has 0 aliphatic heterocycles. The second kappa shape index (κ2) is 5.27. The molecule has 1 heterocycles. The first-order valence-electron chi connectivity index (χ1n) is 5.22. The van der Waals surface area contributed by atoms with Gasteiger partial charge in [0.2, 0.25) is 5.95 Å². The van der Waals surface area contributed by atoms with Crippen LogP contribution in [0.5, 0.6) is 5.75 Å². The van der Waals surface area contributed by atoms with Gasteiger partial charge in [0.15, 0.2) is 0 Å². The normalized spacial score (nSPS) is 10.1. The van der Waals surface area contributed by atoms with E-state index in [2.05, 4.69) is 4.98 Å². The molecule has 0 unspecified atom stereocenters. The predicted octanol–water partition coefficient (Wildman–Crippen LogP) is 2.28. The summed E-state index contributed by atoms with van der Waals surface area (Å²) < 4.78 is 18.1. The van der Waals surface area contributed by atoms with Crippen molar-refractivity contribution in [2.24, 2.45) is 0 Å². The highest BCUT2D eigenvalue weighted by atomic mass is 19.1. The summed E-state index contributed by atoms with van der Waals surface area (Å²) in [6.07, 6.45) is 1.26. The molecule has 0 radical (unpaired) electrons. The molecule has 0 saturated carbocycles. The van der Waals surface area contributed by atoms with Crippen LogP contribution >= 0.6 is 0 Å². The number of benzene rings is 1. The molecule has 4 nitrogen and oxygen atoms in total. The maximum Gasteiger partial charge on any atom is 0.343 e. The van der Waals surface area contributed by atoms with Crippen molar-refractivity contribution in [1.29, 1.82) is 0 Å². The first-order valence-corrected chi connectivity index (χ1v) is 5.22. The van der Waals surface area contributed by atoms with E-state index < -0.39 is 11.9 Å². The molecule has 18 heavy (non-hydrogen) atoms. The topological polar surface area (TPSA) is 59.4 Å². The van der Waals surface area contributed by atoms with Crippen molar-refractivity contribution in [3.05, 3.63) is 59.7 Å². The minimum Gasteiger partial charge on any atom is -0.508 e. The fourth-order valence-corrected chi connectivity index (χ4v) is 1.36. The summed E-state index contributed by atoms with van der Waals surface area (Å²) >= 11 is 0. The summed E-state index contributed by atoms with van der Waals surface area (Å²) in [5.74, 6) is -1.50. The first kappa shape index (κ1) is 12.0. The van der Waals surface area contributed by atoms with Gasteiger partial charge in [0, 0.05) is 6.20 Å². The molecule has 2 aromatic rings. The molecular formula is C13H10FNO3. The van der Waals surface area contributed by atoms with Gasteiger partial charge in [0.25, 0.3) is 0 Å². The molecule has 0 aliphatic rings. The summed E-state index contributed by atoms with van der Waals surface area (Å²) in [4.78, 5) is 14.9. The smallest absolute Gasteiger partial charge is 0.343 e. The molecule has 0 atom stereocenters. The Labute approximate surface area is 103 Å². The molecule has 0 amide bonds. The minimum atomic E-state index is -0.854. The Morgan fingerprint density at radius 1 is 1.28 bits per heavy atom. The zero-order valence-corrected chi connectivity index (χ0v) is 9.34. The van der Waals surface area contributed by atoms with Crippen LogP contribution in [0.25, 0.3) is 0 Å². The highest BCUT2D eigenvalue weighted by Crippen LogP contribution is 2.12. The third-order valence-electron chi connectivity index (χ3n) is 2.29. The fraction of sp³-hybridized carbons (Fsp3) is 0.0769. The summed E-state index contributed by atoms with van der Waals surface area (Å²) in [5, 5.41) is 9.08. The number of ether oxygens (including phenoxy) is 1. The van der Waals surface area contributed by atoms with Gasteiger partial charge in [0.1, 0.15) is 17.9 Å². The maximum atomic E-state index is 13.2. The van der Waals surface area contributed by atoms with Gasteiger partial charge >= 0.3 is 5.97 Å². The Bertz CT molecular complexity index is 554. The Hall–Kier alpha value is -2.43. The van der Waals surface area contributed by atoms with Crippen LogP contribution in [-0.4, -0.2) is 16.1 Å². The van der Waals surface area contributed by atoms with Crippen molar-refractivity contribution in [2.45, 2.75) is 6.61 Å². The standard InChI is InChI=1S/C13H10FNO3/c14-12-11(2-1-7-15-12)13(17)18-8-9-3-5-10(16)6-4-9/h1-7,16H,8H2. The number of nitrogens with zero attached hydrogens (tertiary/aromatic N) is 1. The third kappa shape index (κ3) is 2.82. The van der Waals surface area contributed by atoms with Crippen LogP contribution in [-0.2, 0) is 11.3 Å². The van der Waals surface area contributed by atoms with E-state index >= 15 is 0 Å². The second-order valence-corrected chi connectivity index (χ2v) is 3.58. The largest absolute Gasteiger partial charge is 0.508 e. The molecule has 1 N–H and O–H groups in total. The number of halogens is 1. The van der Waals surface area contributed by atoms with E-state index in [0.29, 0.717) is 5.56 Å². The molecular weight excluding hydrogens is 237 g/mol. The number of carbonyl (C=O) groups excluding carboxylic acids is 1. The average molecular weight is 247 g/mol. The van der Waals surface area contributed by atoms with Gasteiger partial charge < -0.3 is 9.84 Å². The molecule has 0 bridgehead atoms. The van der Waals surface area contributed by atoms with Crippen LogP contribution in [0, 0.1) is 5.95 Å². The van der Waals surface area contributed by atoms with Gasteiger partial charge in [-0.05, 0) is 29.8 Å². The van der Waals surface area contributed by atoms with Crippen LogP contribution in [0.15, 0.2) is 42.6 Å². The van der Waals surface area contributed by atoms with Crippen LogP contribution in [0.3, 0.4) is 0 Å². The molecule has 2 rings (SSSR count). The molecule has 92 valence electrons. The average Bonchev–Trinajstić information content (AvgIpc) is 2.38. The van der Waals surface area contributed by atoms with Gasteiger partial charge in [-0.25, -0.2) is 9.78 Å². The zero-order chi connectivity index (χ0) is 13.0. The summed E-state index contributed by atoms with van der Waals surface area (Å²) in [6.45, 7) is 0.00739. The van der Waals surface area contributed by atoms with Crippen molar-refractivity contribution < 1.29 is 19.0 Å². The van der Waals surface area contributed by atoms with E-state index in [-0.39, 0.29) is 17.9 Å². The quantitative estimate of drug-likeness (QED) is 0.667. The van der Waals surface area contributed by atoms with Crippen molar-refractivity contribution >= 4 is 5.97 Å². The van der Waals surface area contributed by atoms with Crippen LogP contribution in [0.2, 0.25) is 0 Å². The molecule has 5 heteroatoms. The number of phenolic OH excluding ortho intramolecular Hbond substituents is 1. The number of pyridine rings is 1. The highest BCUT2D eigenvalue weighted by molar-refractivity contribution is 5.89. The Balaban J connectivity index is 2.01. The Kier molecular flexibility index (Phi) is 3.52. The highest BCUT2D eigenvalue weighted by Gasteiger charge is 2.13. The van der Waals surface area contributed by atoms with Crippen LogP contribution < -0.4 is 0 Å². The SMILES string of the molecule is O=C(OCc1ccc(O)cc1)c1cccnc1F. The number of rotatable bonds is 3. The third-order valence-corrected chi connectivity index (χ3v) is 2.29. The second-order valence-electron chi connectivity index (χ2n) is 3.58. The lowest BCUT2D eigenvalue weighted by Gasteiger charge is -2.05. The fourth-order valence-electron chi connectivity index (χ4n) is 1.36. The lowest BCUT2D eigenvalue weighted by atomic mass is 10.2. The molecule has 0 aliphatic carbocycles. The van der Waals surface area contributed by atoms with E-state index in [1.54, 1.807) is 12.1 Å². The van der Waals surface area contributed by atoms with Crippen LogP contribution in [0.1, 0.15) is 15.9 Å². The van der Waals surface area contributed by atoms with Gasteiger partial charge in [-0.3, -0.25) is 0 Å². The summed E-state index contributed by atoms with van der Waals surface area (Å²) in [6, 6.07) is 8.95. The Morgan fingerprint density at radius 3 is 2.67 bits per heavy atom. The lowest BCUT2D eigenvalue weighted by Crippen LogP contribution is -2.08. The minimum absolute atomic E-state index is 0.00739. The Morgan fingerprint density at radius 2 is 2.00 bits per heavy atom. The number of aromatic nitrogens is 1. The molecule has 1 aromatic heterocycles. The zero-order valence-electron chi connectivity index (χ0n) is 9.34. The lowest BCUT2D eigenvalue weighted by molar-refractivity contribution is 0.0466. The molecule has 0 spiro atoms. The molecule has 0 fully saturated rings. The number of carbonyl (C=O) groups is 1. The van der Waals surface area contributed by atoms with Crippen molar-refractivity contribution in [3.8, 4) is 5.75 Å². The van der Waals surface area contributed by atoms with Gasteiger partial charge in [-0.1, -0.05) is 12.1 Å². The maximum absolute atomic E-state index is 13.2. The predicted molar refractivity (Wildman–Crippen MR) is 61.4 cm³/mol. The van der Waals surface area contributed by atoms with E-state index in [0.717, 1.165) is 0 Å². The summed E-state index contributed by atoms with van der Waals surface area (Å²) in [7, 11) is 0. The van der Waals surface area contributed by atoms with Crippen molar-refractivity contribution in [3.63, 3.8) is 0 Å². The van der Waals surface area contributed by atoms with Crippen LogP contribution in [0.4, 0.5) is 4.39 Å².